The molecular formula is C14H12OS. The SMILES string of the molecule is CC(=O)/C=C/Sc1ccc2ccccc2c1. The maximum Gasteiger partial charge on any atom is 0.153 e. The minimum atomic E-state index is 0.0771. The average molecular weight is 228 g/mol. The van der Waals surface area contributed by atoms with E-state index in [0.29, 0.717) is 0 Å². The van der Waals surface area contributed by atoms with Crippen LogP contribution in [-0.2, 0) is 4.79 Å². The van der Waals surface area contributed by atoms with E-state index in [4.69, 9.17) is 0 Å². The molecule has 0 saturated heterocycles. The van der Waals surface area contributed by atoms with Gasteiger partial charge in [-0.1, -0.05) is 42.1 Å². The lowest BCUT2D eigenvalue weighted by Gasteiger charge is -2.00. The van der Waals surface area contributed by atoms with Crippen LogP contribution in [0.25, 0.3) is 10.8 Å². The molecule has 0 unspecified atom stereocenters. The zero-order valence-corrected chi connectivity index (χ0v) is 9.83. The van der Waals surface area contributed by atoms with Crippen molar-refractivity contribution in [2.45, 2.75) is 11.8 Å². The highest BCUT2D eigenvalue weighted by Crippen LogP contribution is 2.24. The van der Waals surface area contributed by atoms with Crippen LogP contribution in [-0.4, -0.2) is 5.78 Å². The standard InChI is InChI=1S/C14H12OS/c1-11(15)8-9-16-14-7-6-12-4-2-3-5-13(12)10-14/h2-10H,1H3/b9-8+. The minimum absolute atomic E-state index is 0.0771. The maximum absolute atomic E-state index is 10.7. The van der Waals surface area contributed by atoms with Gasteiger partial charge in [-0.05, 0) is 41.3 Å². The Morgan fingerprint density at radius 2 is 1.88 bits per heavy atom. The zero-order chi connectivity index (χ0) is 11.4. The highest BCUT2D eigenvalue weighted by atomic mass is 32.2. The molecule has 80 valence electrons. The van der Waals surface area contributed by atoms with Crippen molar-refractivity contribution in [1.29, 1.82) is 0 Å². The van der Waals surface area contributed by atoms with E-state index >= 15 is 0 Å². The van der Waals surface area contributed by atoms with Crippen molar-refractivity contribution in [2.75, 3.05) is 0 Å². The summed E-state index contributed by atoms with van der Waals surface area (Å²) in [6, 6.07) is 14.5. The smallest absolute Gasteiger partial charge is 0.153 e. The summed E-state index contributed by atoms with van der Waals surface area (Å²) in [5, 5.41) is 4.29. The first-order chi connectivity index (χ1) is 7.75. The second-order valence-electron chi connectivity index (χ2n) is 3.54. The number of benzene rings is 2. The van der Waals surface area contributed by atoms with Crippen LogP contribution in [0.1, 0.15) is 6.92 Å². The van der Waals surface area contributed by atoms with Crippen LogP contribution >= 0.6 is 11.8 Å². The Labute approximate surface area is 99.2 Å². The van der Waals surface area contributed by atoms with Gasteiger partial charge < -0.3 is 0 Å². The number of allylic oxidation sites excluding steroid dienone is 1. The second kappa shape index (κ2) is 4.99. The van der Waals surface area contributed by atoms with E-state index in [1.807, 2.05) is 17.5 Å². The van der Waals surface area contributed by atoms with Crippen molar-refractivity contribution in [3.8, 4) is 0 Å². The third kappa shape index (κ3) is 2.74. The van der Waals surface area contributed by atoms with Crippen molar-refractivity contribution < 1.29 is 4.79 Å². The number of rotatable bonds is 3. The van der Waals surface area contributed by atoms with E-state index in [0.717, 1.165) is 4.90 Å². The highest BCUT2D eigenvalue weighted by molar-refractivity contribution is 8.02. The molecule has 0 aromatic heterocycles. The number of ketones is 1. The van der Waals surface area contributed by atoms with Crippen molar-refractivity contribution >= 4 is 28.3 Å². The van der Waals surface area contributed by atoms with E-state index in [2.05, 4.69) is 30.3 Å². The lowest BCUT2D eigenvalue weighted by molar-refractivity contribution is -0.112. The number of carbonyl (C=O) groups is 1. The molecule has 2 heteroatoms. The number of thioether (sulfide) groups is 1. The molecule has 16 heavy (non-hydrogen) atoms. The third-order valence-corrected chi connectivity index (χ3v) is 3.03. The van der Waals surface area contributed by atoms with E-state index < -0.39 is 0 Å². The van der Waals surface area contributed by atoms with E-state index in [1.54, 1.807) is 24.8 Å². The molecule has 0 bridgehead atoms. The van der Waals surface area contributed by atoms with Gasteiger partial charge in [0.1, 0.15) is 0 Å². The molecule has 0 aliphatic carbocycles. The van der Waals surface area contributed by atoms with E-state index in [-0.39, 0.29) is 5.78 Å². The molecule has 0 spiro atoms. The average Bonchev–Trinajstić information content (AvgIpc) is 2.28. The summed E-state index contributed by atoms with van der Waals surface area (Å²) >= 11 is 1.56. The number of fused-ring (bicyclic) bond motifs is 1. The number of hydrogen-bond acceptors (Lipinski definition) is 2. The van der Waals surface area contributed by atoms with Crippen LogP contribution in [0.2, 0.25) is 0 Å². The fourth-order valence-electron chi connectivity index (χ4n) is 1.45. The lowest BCUT2D eigenvalue weighted by Crippen LogP contribution is -1.78. The molecule has 1 nitrogen and oxygen atoms in total. The molecular weight excluding hydrogens is 216 g/mol. The second-order valence-corrected chi connectivity index (χ2v) is 4.52. The van der Waals surface area contributed by atoms with Crippen molar-refractivity contribution in [2.24, 2.45) is 0 Å². The summed E-state index contributed by atoms with van der Waals surface area (Å²) in [4.78, 5) is 11.9. The molecule has 0 heterocycles. The Balaban J connectivity index is 2.23. The molecule has 2 rings (SSSR count). The number of carbonyl (C=O) groups excluding carboxylic acids is 1. The monoisotopic (exact) mass is 228 g/mol. The van der Waals surface area contributed by atoms with Gasteiger partial charge in [0, 0.05) is 4.90 Å². The van der Waals surface area contributed by atoms with Gasteiger partial charge in [-0.15, -0.1) is 0 Å². The maximum atomic E-state index is 10.7. The molecule has 0 atom stereocenters. The first-order valence-corrected chi connectivity index (χ1v) is 5.96. The van der Waals surface area contributed by atoms with E-state index in [9.17, 15) is 4.79 Å². The summed E-state index contributed by atoms with van der Waals surface area (Å²) in [5.41, 5.74) is 0. The lowest BCUT2D eigenvalue weighted by atomic mass is 10.1. The fourth-order valence-corrected chi connectivity index (χ4v) is 2.21. The van der Waals surface area contributed by atoms with Gasteiger partial charge in [-0.2, -0.15) is 0 Å². The fraction of sp³-hybridized carbons (Fsp3) is 0.0714. The summed E-state index contributed by atoms with van der Waals surface area (Å²) in [6.07, 6.45) is 1.58. The van der Waals surface area contributed by atoms with Gasteiger partial charge in [0.25, 0.3) is 0 Å². The van der Waals surface area contributed by atoms with Gasteiger partial charge >= 0.3 is 0 Å². The predicted molar refractivity (Wildman–Crippen MR) is 69.6 cm³/mol. The van der Waals surface area contributed by atoms with Crippen LogP contribution in [0, 0.1) is 0 Å². The third-order valence-electron chi connectivity index (χ3n) is 2.23. The Morgan fingerprint density at radius 3 is 2.62 bits per heavy atom. The zero-order valence-electron chi connectivity index (χ0n) is 9.01. The molecule has 0 N–H and O–H groups in total. The Morgan fingerprint density at radius 1 is 1.12 bits per heavy atom. The normalized spacial score (nSPS) is 11.1. The van der Waals surface area contributed by atoms with Gasteiger partial charge in [0.15, 0.2) is 5.78 Å². The minimum Gasteiger partial charge on any atom is -0.295 e. The molecule has 2 aromatic rings. The number of hydrogen-bond donors (Lipinski definition) is 0. The predicted octanol–water partition coefficient (Wildman–Crippen LogP) is 4.03. The molecule has 2 aromatic carbocycles. The van der Waals surface area contributed by atoms with Gasteiger partial charge in [0.05, 0.1) is 0 Å². The topological polar surface area (TPSA) is 17.1 Å². The van der Waals surface area contributed by atoms with Crippen molar-refractivity contribution in [1.82, 2.24) is 0 Å². The van der Waals surface area contributed by atoms with Gasteiger partial charge in [0.2, 0.25) is 0 Å². The molecule has 0 radical (unpaired) electrons. The largest absolute Gasteiger partial charge is 0.295 e. The Kier molecular flexibility index (Phi) is 3.42. The Hall–Kier alpha value is -1.54. The van der Waals surface area contributed by atoms with Crippen LogP contribution in [0.5, 0.6) is 0 Å². The molecule has 0 saturated carbocycles. The Bertz CT molecular complexity index is 543. The van der Waals surface area contributed by atoms with Gasteiger partial charge in [-0.3, -0.25) is 4.79 Å². The summed E-state index contributed by atoms with van der Waals surface area (Å²) < 4.78 is 0. The summed E-state index contributed by atoms with van der Waals surface area (Å²) in [6.45, 7) is 1.55. The molecule has 0 aliphatic rings. The quantitative estimate of drug-likeness (QED) is 0.582. The molecule has 0 aliphatic heterocycles. The highest BCUT2D eigenvalue weighted by Gasteiger charge is 1.94. The van der Waals surface area contributed by atoms with Crippen LogP contribution in [0.4, 0.5) is 0 Å². The van der Waals surface area contributed by atoms with Crippen LogP contribution in [0.3, 0.4) is 0 Å². The van der Waals surface area contributed by atoms with Crippen LogP contribution < -0.4 is 0 Å². The first-order valence-electron chi connectivity index (χ1n) is 5.08. The van der Waals surface area contributed by atoms with Crippen molar-refractivity contribution in [3.63, 3.8) is 0 Å². The van der Waals surface area contributed by atoms with Crippen LogP contribution in [0.15, 0.2) is 58.8 Å². The molecule has 0 amide bonds. The van der Waals surface area contributed by atoms with E-state index in [1.165, 1.54) is 10.8 Å². The van der Waals surface area contributed by atoms with Gasteiger partial charge in [-0.25, -0.2) is 0 Å². The van der Waals surface area contributed by atoms with Crippen molar-refractivity contribution in [3.05, 3.63) is 53.9 Å². The summed E-state index contributed by atoms with van der Waals surface area (Å²) in [5.74, 6) is 0.0771. The summed E-state index contributed by atoms with van der Waals surface area (Å²) in [7, 11) is 0. The first kappa shape index (κ1) is 11.0. The molecule has 0 fully saturated rings.